The SMILES string of the molecule is CC.CCC(=O)N1CC(NC(=O)Cn2cc(C(=O)N3CCc4c(cccc4OC)C3)c3cc(Br)ccc32)C1. The molecule has 0 bridgehead atoms. The molecule has 0 unspecified atom stereocenters. The van der Waals surface area contributed by atoms with Crippen LogP contribution in [0.1, 0.15) is 48.7 Å². The summed E-state index contributed by atoms with van der Waals surface area (Å²) in [5.74, 6) is 0.768. The Bertz CT molecular complexity index is 1350. The second-order valence-corrected chi connectivity index (χ2v) is 10.2. The number of methoxy groups -OCH3 is 1. The van der Waals surface area contributed by atoms with E-state index >= 15 is 0 Å². The lowest BCUT2D eigenvalue weighted by Gasteiger charge is -2.39. The number of benzene rings is 2. The average molecular weight is 584 g/mol. The van der Waals surface area contributed by atoms with Gasteiger partial charge in [-0.2, -0.15) is 0 Å². The summed E-state index contributed by atoms with van der Waals surface area (Å²) in [5.41, 5.74) is 3.65. The predicted molar refractivity (Wildman–Crippen MR) is 151 cm³/mol. The lowest BCUT2D eigenvalue weighted by Crippen LogP contribution is -2.61. The summed E-state index contributed by atoms with van der Waals surface area (Å²) in [6.07, 6.45) is 2.99. The fourth-order valence-corrected chi connectivity index (χ4v) is 5.47. The Kier molecular flexibility index (Phi) is 8.76. The fourth-order valence-electron chi connectivity index (χ4n) is 5.11. The molecule has 3 heterocycles. The second kappa shape index (κ2) is 12.0. The Morgan fingerprint density at radius 2 is 1.87 bits per heavy atom. The van der Waals surface area contributed by atoms with Gasteiger partial charge in [-0.25, -0.2) is 0 Å². The zero-order valence-electron chi connectivity index (χ0n) is 22.4. The molecular formula is C29H35BrN4O4. The standard InChI is InChI=1S/C27H29BrN4O4.C2H6/c1-3-26(34)32-13-19(14-32)29-25(33)16-31-15-22(21-11-18(28)7-8-23(21)31)27(35)30-10-9-20-17(12-30)5-4-6-24(20)36-2;1-2/h4-8,11,15,19H,3,9-10,12-14,16H2,1-2H3,(H,29,33);1-2H3. The van der Waals surface area contributed by atoms with Gasteiger partial charge in [0.25, 0.3) is 5.91 Å². The number of likely N-dealkylation sites (tertiary alicyclic amines) is 1. The Balaban J connectivity index is 0.00000164. The third-order valence-electron chi connectivity index (χ3n) is 7.02. The molecule has 0 spiro atoms. The molecule has 202 valence electrons. The summed E-state index contributed by atoms with van der Waals surface area (Å²) < 4.78 is 8.20. The normalized spacial score (nSPS) is 14.8. The summed E-state index contributed by atoms with van der Waals surface area (Å²) >= 11 is 3.52. The van der Waals surface area contributed by atoms with Gasteiger partial charge in [0.1, 0.15) is 12.3 Å². The number of hydrogen-bond donors (Lipinski definition) is 1. The van der Waals surface area contributed by atoms with Crippen LogP contribution in [0.2, 0.25) is 0 Å². The monoisotopic (exact) mass is 582 g/mol. The number of carbonyl (C=O) groups excluding carboxylic acids is 3. The Morgan fingerprint density at radius 1 is 1.11 bits per heavy atom. The van der Waals surface area contributed by atoms with Gasteiger partial charge < -0.3 is 24.4 Å². The van der Waals surface area contributed by atoms with Crippen molar-refractivity contribution in [2.24, 2.45) is 0 Å². The van der Waals surface area contributed by atoms with Crippen LogP contribution >= 0.6 is 15.9 Å². The second-order valence-electron chi connectivity index (χ2n) is 9.32. The third-order valence-corrected chi connectivity index (χ3v) is 7.51. The molecule has 0 aliphatic carbocycles. The highest BCUT2D eigenvalue weighted by Crippen LogP contribution is 2.31. The van der Waals surface area contributed by atoms with Crippen LogP contribution in [-0.4, -0.2) is 64.9 Å². The first-order chi connectivity index (χ1) is 18.4. The van der Waals surface area contributed by atoms with Crippen molar-refractivity contribution in [1.82, 2.24) is 19.7 Å². The van der Waals surface area contributed by atoms with Crippen molar-refractivity contribution < 1.29 is 19.1 Å². The van der Waals surface area contributed by atoms with Gasteiger partial charge in [-0.3, -0.25) is 14.4 Å². The zero-order valence-corrected chi connectivity index (χ0v) is 24.0. The van der Waals surface area contributed by atoms with Gasteiger partial charge in [0.15, 0.2) is 0 Å². The first-order valence-electron chi connectivity index (χ1n) is 13.2. The first kappa shape index (κ1) is 27.7. The van der Waals surface area contributed by atoms with Crippen molar-refractivity contribution in [1.29, 1.82) is 0 Å². The molecule has 1 fully saturated rings. The number of hydrogen-bond acceptors (Lipinski definition) is 4. The minimum Gasteiger partial charge on any atom is -0.496 e. The number of nitrogens with zero attached hydrogens (tertiary/aromatic N) is 3. The number of nitrogens with one attached hydrogen (secondary N) is 1. The molecule has 0 saturated carbocycles. The molecule has 3 aromatic rings. The maximum Gasteiger partial charge on any atom is 0.256 e. The smallest absolute Gasteiger partial charge is 0.256 e. The van der Waals surface area contributed by atoms with Crippen molar-refractivity contribution in [3.8, 4) is 5.75 Å². The van der Waals surface area contributed by atoms with Crippen molar-refractivity contribution >= 4 is 44.6 Å². The number of rotatable bonds is 6. The zero-order chi connectivity index (χ0) is 27.4. The maximum absolute atomic E-state index is 13.7. The number of halogens is 1. The number of carbonyl (C=O) groups is 3. The molecule has 38 heavy (non-hydrogen) atoms. The van der Waals surface area contributed by atoms with Gasteiger partial charge in [-0.05, 0) is 36.2 Å². The van der Waals surface area contributed by atoms with Gasteiger partial charge in [-0.1, -0.05) is 48.8 Å². The minimum absolute atomic E-state index is 0.0320. The Hall–Kier alpha value is -3.33. The van der Waals surface area contributed by atoms with Crippen LogP contribution in [-0.2, 0) is 29.1 Å². The van der Waals surface area contributed by atoms with Crippen LogP contribution in [0, 0.1) is 0 Å². The van der Waals surface area contributed by atoms with E-state index in [2.05, 4.69) is 21.2 Å². The van der Waals surface area contributed by atoms with E-state index in [1.165, 1.54) is 0 Å². The van der Waals surface area contributed by atoms with Gasteiger partial charge in [-0.15, -0.1) is 0 Å². The van der Waals surface area contributed by atoms with Crippen LogP contribution in [0.15, 0.2) is 47.1 Å². The summed E-state index contributed by atoms with van der Waals surface area (Å²) in [7, 11) is 1.67. The van der Waals surface area contributed by atoms with Crippen molar-refractivity contribution in [3.63, 3.8) is 0 Å². The van der Waals surface area contributed by atoms with Gasteiger partial charge >= 0.3 is 0 Å². The number of aromatic nitrogens is 1. The lowest BCUT2D eigenvalue weighted by molar-refractivity contribution is -0.137. The Morgan fingerprint density at radius 3 is 2.58 bits per heavy atom. The van der Waals surface area contributed by atoms with E-state index in [-0.39, 0.29) is 30.3 Å². The molecule has 1 aromatic heterocycles. The molecule has 1 saturated heterocycles. The van der Waals surface area contributed by atoms with Gasteiger partial charge in [0, 0.05) is 59.7 Å². The molecular weight excluding hydrogens is 548 g/mol. The molecule has 2 aromatic carbocycles. The lowest BCUT2D eigenvalue weighted by atomic mass is 9.98. The highest BCUT2D eigenvalue weighted by molar-refractivity contribution is 9.10. The number of fused-ring (bicyclic) bond motifs is 2. The molecule has 2 aliphatic rings. The van der Waals surface area contributed by atoms with E-state index in [1.54, 1.807) is 18.2 Å². The van der Waals surface area contributed by atoms with Gasteiger partial charge in [0.2, 0.25) is 11.8 Å². The maximum atomic E-state index is 13.7. The average Bonchev–Trinajstić information content (AvgIpc) is 3.26. The predicted octanol–water partition coefficient (Wildman–Crippen LogP) is 4.37. The van der Waals surface area contributed by atoms with Crippen molar-refractivity contribution in [2.45, 2.75) is 52.7 Å². The van der Waals surface area contributed by atoms with Crippen LogP contribution in [0.5, 0.6) is 5.75 Å². The largest absolute Gasteiger partial charge is 0.496 e. The van der Waals surface area contributed by atoms with E-state index < -0.39 is 0 Å². The highest BCUT2D eigenvalue weighted by atomic mass is 79.9. The first-order valence-corrected chi connectivity index (χ1v) is 14.0. The summed E-state index contributed by atoms with van der Waals surface area (Å²) in [6.45, 7) is 8.14. The van der Waals surface area contributed by atoms with Crippen LogP contribution < -0.4 is 10.1 Å². The minimum atomic E-state index is -0.138. The molecule has 0 atom stereocenters. The number of amides is 3. The molecule has 2 aliphatic heterocycles. The van der Waals surface area contributed by atoms with E-state index in [0.717, 1.165) is 38.7 Å². The Labute approximate surface area is 232 Å². The van der Waals surface area contributed by atoms with Gasteiger partial charge in [0.05, 0.1) is 18.7 Å². The van der Waals surface area contributed by atoms with E-state index in [4.69, 9.17) is 4.74 Å². The van der Waals surface area contributed by atoms with Crippen molar-refractivity contribution in [3.05, 3.63) is 63.8 Å². The van der Waals surface area contributed by atoms with Crippen molar-refractivity contribution in [2.75, 3.05) is 26.7 Å². The van der Waals surface area contributed by atoms with E-state index in [9.17, 15) is 14.4 Å². The molecule has 5 rings (SSSR count). The number of ether oxygens (including phenoxy) is 1. The van der Waals surface area contributed by atoms with Crippen LogP contribution in [0.4, 0.5) is 0 Å². The van der Waals surface area contributed by atoms with Crippen LogP contribution in [0.25, 0.3) is 10.9 Å². The highest BCUT2D eigenvalue weighted by Gasteiger charge is 2.31. The summed E-state index contributed by atoms with van der Waals surface area (Å²) in [5, 5.41) is 3.81. The summed E-state index contributed by atoms with van der Waals surface area (Å²) in [6, 6.07) is 11.7. The summed E-state index contributed by atoms with van der Waals surface area (Å²) in [4.78, 5) is 41.8. The van der Waals surface area contributed by atoms with E-state index in [0.29, 0.717) is 38.2 Å². The molecule has 3 amide bonds. The molecule has 8 nitrogen and oxygen atoms in total. The third kappa shape index (κ3) is 5.57. The molecule has 9 heteroatoms. The molecule has 1 N–H and O–H groups in total. The fraction of sp³-hybridized carbons (Fsp3) is 0.414. The topological polar surface area (TPSA) is 83.9 Å². The quantitative estimate of drug-likeness (QED) is 0.467. The van der Waals surface area contributed by atoms with Crippen LogP contribution in [0.3, 0.4) is 0 Å². The molecule has 0 radical (unpaired) electrons. The van der Waals surface area contributed by atoms with E-state index in [1.807, 2.05) is 66.6 Å².